The van der Waals surface area contributed by atoms with E-state index in [1.54, 1.807) is 11.1 Å². The SMILES string of the molecule is CCNC(c1ccc(CC)s1)C1Cc2ccccc2C1. The van der Waals surface area contributed by atoms with Crippen molar-refractivity contribution < 1.29 is 0 Å². The van der Waals surface area contributed by atoms with Gasteiger partial charge in [0.2, 0.25) is 0 Å². The Morgan fingerprint density at radius 3 is 2.35 bits per heavy atom. The topological polar surface area (TPSA) is 12.0 Å². The number of fused-ring (bicyclic) bond motifs is 1. The Labute approximate surface area is 126 Å². The number of benzene rings is 1. The standard InChI is InChI=1S/C18H23NS/c1-3-16-9-10-17(20-16)18(19-4-2)15-11-13-7-5-6-8-14(13)12-15/h5-10,15,18-19H,3-4,11-12H2,1-2H3. The highest BCUT2D eigenvalue weighted by Crippen LogP contribution is 2.37. The lowest BCUT2D eigenvalue weighted by Crippen LogP contribution is -2.28. The summed E-state index contributed by atoms with van der Waals surface area (Å²) in [5.74, 6) is 0.704. The summed E-state index contributed by atoms with van der Waals surface area (Å²) in [7, 11) is 0. The maximum atomic E-state index is 3.72. The van der Waals surface area contributed by atoms with E-state index in [1.807, 2.05) is 11.3 Å². The summed E-state index contributed by atoms with van der Waals surface area (Å²) in [5.41, 5.74) is 3.10. The van der Waals surface area contributed by atoms with Crippen LogP contribution in [0.4, 0.5) is 0 Å². The van der Waals surface area contributed by atoms with Crippen LogP contribution in [0.15, 0.2) is 36.4 Å². The molecule has 0 saturated carbocycles. The molecule has 0 aliphatic heterocycles. The number of nitrogens with one attached hydrogen (secondary N) is 1. The quantitative estimate of drug-likeness (QED) is 0.860. The van der Waals surface area contributed by atoms with E-state index in [0.29, 0.717) is 12.0 Å². The highest BCUT2D eigenvalue weighted by atomic mass is 32.1. The van der Waals surface area contributed by atoms with Crippen LogP contribution in [0.3, 0.4) is 0 Å². The molecule has 1 aliphatic carbocycles. The predicted molar refractivity (Wildman–Crippen MR) is 87.5 cm³/mol. The Balaban J connectivity index is 1.82. The van der Waals surface area contributed by atoms with E-state index in [9.17, 15) is 0 Å². The zero-order valence-electron chi connectivity index (χ0n) is 12.4. The third-order valence-corrected chi connectivity index (χ3v) is 5.63. The van der Waals surface area contributed by atoms with Crippen LogP contribution in [-0.2, 0) is 19.3 Å². The van der Waals surface area contributed by atoms with Crippen molar-refractivity contribution >= 4 is 11.3 Å². The van der Waals surface area contributed by atoms with Crippen molar-refractivity contribution in [2.24, 2.45) is 5.92 Å². The second kappa shape index (κ2) is 6.11. The second-order valence-corrected chi connectivity index (χ2v) is 6.83. The Hall–Kier alpha value is -1.12. The van der Waals surface area contributed by atoms with Crippen molar-refractivity contribution in [3.05, 3.63) is 57.3 Å². The molecule has 0 fully saturated rings. The van der Waals surface area contributed by atoms with Crippen molar-refractivity contribution in [1.82, 2.24) is 5.32 Å². The summed E-state index contributed by atoms with van der Waals surface area (Å²) in [6.07, 6.45) is 3.58. The molecule has 2 heteroatoms. The number of rotatable bonds is 5. The average Bonchev–Trinajstić information content (AvgIpc) is 3.10. The lowest BCUT2D eigenvalue weighted by Gasteiger charge is -2.23. The Bertz CT molecular complexity index is 547. The average molecular weight is 285 g/mol. The van der Waals surface area contributed by atoms with Crippen LogP contribution in [0.25, 0.3) is 0 Å². The van der Waals surface area contributed by atoms with E-state index in [0.717, 1.165) is 13.0 Å². The maximum absolute atomic E-state index is 3.72. The van der Waals surface area contributed by atoms with E-state index in [-0.39, 0.29) is 0 Å². The van der Waals surface area contributed by atoms with Gasteiger partial charge >= 0.3 is 0 Å². The van der Waals surface area contributed by atoms with Crippen molar-refractivity contribution in [2.45, 2.75) is 39.2 Å². The molecule has 1 aromatic heterocycles. The Morgan fingerprint density at radius 1 is 1.10 bits per heavy atom. The third-order valence-electron chi connectivity index (χ3n) is 4.32. The van der Waals surface area contributed by atoms with Crippen LogP contribution < -0.4 is 5.32 Å². The summed E-state index contributed by atoms with van der Waals surface area (Å²) in [4.78, 5) is 3.01. The molecule has 1 heterocycles. The van der Waals surface area contributed by atoms with Crippen molar-refractivity contribution in [3.8, 4) is 0 Å². The molecular formula is C18H23NS. The fourth-order valence-electron chi connectivity index (χ4n) is 3.30. The molecule has 2 aromatic rings. The van der Waals surface area contributed by atoms with Gasteiger partial charge in [0.15, 0.2) is 0 Å². The molecule has 0 spiro atoms. The van der Waals surface area contributed by atoms with Crippen LogP contribution in [-0.4, -0.2) is 6.54 Å². The number of hydrogen-bond acceptors (Lipinski definition) is 2. The zero-order chi connectivity index (χ0) is 13.9. The monoisotopic (exact) mass is 285 g/mol. The molecule has 106 valence electrons. The van der Waals surface area contributed by atoms with E-state index < -0.39 is 0 Å². The molecule has 1 aliphatic rings. The van der Waals surface area contributed by atoms with Crippen LogP contribution >= 0.6 is 11.3 Å². The van der Waals surface area contributed by atoms with Gasteiger partial charge in [0.25, 0.3) is 0 Å². The van der Waals surface area contributed by atoms with Crippen molar-refractivity contribution in [1.29, 1.82) is 0 Å². The van der Waals surface area contributed by atoms with E-state index >= 15 is 0 Å². The number of hydrogen-bond donors (Lipinski definition) is 1. The fourth-order valence-corrected chi connectivity index (χ4v) is 4.42. The van der Waals surface area contributed by atoms with Gasteiger partial charge in [-0.05, 0) is 55.0 Å². The second-order valence-electron chi connectivity index (χ2n) is 5.63. The lowest BCUT2D eigenvalue weighted by molar-refractivity contribution is 0.386. The minimum Gasteiger partial charge on any atom is -0.309 e. The van der Waals surface area contributed by atoms with Gasteiger partial charge < -0.3 is 5.32 Å². The molecule has 0 saturated heterocycles. The molecular weight excluding hydrogens is 262 g/mol. The first-order valence-corrected chi connectivity index (χ1v) is 8.52. The number of aryl methyl sites for hydroxylation is 1. The van der Waals surface area contributed by atoms with Crippen LogP contribution in [0.1, 0.15) is 40.8 Å². The minimum atomic E-state index is 0.512. The number of thiophene rings is 1. The third kappa shape index (κ3) is 2.68. The van der Waals surface area contributed by atoms with Gasteiger partial charge in [0, 0.05) is 15.8 Å². The zero-order valence-corrected chi connectivity index (χ0v) is 13.2. The summed E-state index contributed by atoms with van der Waals surface area (Å²) in [6, 6.07) is 14.1. The smallest absolute Gasteiger partial charge is 0.0449 e. The van der Waals surface area contributed by atoms with Gasteiger partial charge in [0.1, 0.15) is 0 Å². The minimum absolute atomic E-state index is 0.512. The van der Waals surface area contributed by atoms with Crippen LogP contribution in [0.2, 0.25) is 0 Å². The molecule has 0 bridgehead atoms. The van der Waals surface area contributed by atoms with Gasteiger partial charge in [-0.3, -0.25) is 0 Å². The summed E-state index contributed by atoms with van der Waals surface area (Å²) < 4.78 is 0. The Morgan fingerprint density at radius 2 is 1.80 bits per heavy atom. The largest absolute Gasteiger partial charge is 0.309 e. The van der Waals surface area contributed by atoms with Gasteiger partial charge in [-0.15, -0.1) is 11.3 Å². The molecule has 1 N–H and O–H groups in total. The van der Waals surface area contributed by atoms with Gasteiger partial charge in [-0.25, -0.2) is 0 Å². The highest BCUT2D eigenvalue weighted by Gasteiger charge is 2.29. The van der Waals surface area contributed by atoms with E-state index in [2.05, 4.69) is 55.6 Å². The van der Waals surface area contributed by atoms with Gasteiger partial charge in [-0.1, -0.05) is 38.1 Å². The maximum Gasteiger partial charge on any atom is 0.0449 e. The van der Waals surface area contributed by atoms with Gasteiger partial charge in [-0.2, -0.15) is 0 Å². The normalized spacial score (nSPS) is 16.3. The van der Waals surface area contributed by atoms with Gasteiger partial charge in [0.05, 0.1) is 0 Å². The molecule has 1 unspecified atom stereocenters. The first-order chi connectivity index (χ1) is 9.81. The summed E-state index contributed by atoms with van der Waals surface area (Å²) in [5, 5.41) is 3.72. The molecule has 0 radical (unpaired) electrons. The van der Waals surface area contributed by atoms with Crippen LogP contribution in [0, 0.1) is 5.92 Å². The predicted octanol–water partition coefficient (Wildman–Crippen LogP) is 4.38. The molecule has 20 heavy (non-hydrogen) atoms. The summed E-state index contributed by atoms with van der Waals surface area (Å²) >= 11 is 1.98. The molecule has 1 nitrogen and oxygen atoms in total. The fraction of sp³-hybridized carbons (Fsp3) is 0.444. The van der Waals surface area contributed by atoms with Crippen molar-refractivity contribution in [2.75, 3.05) is 6.54 Å². The van der Waals surface area contributed by atoms with Crippen LogP contribution in [0.5, 0.6) is 0 Å². The first-order valence-electron chi connectivity index (χ1n) is 7.70. The molecule has 3 rings (SSSR count). The Kier molecular flexibility index (Phi) is 4.23. The lowest BCUT2D eigenvalue weighted by atomic mass is 9.95. The van der Waals surface area contributed by atoms with E-state index in [4.69, 9.17) is 0 Å². The summed E-state index contributed by atoms with van der Waals surface area (Å²) in [6.45, 7) is 5.49. The molecule has 1 aromatic carbocycles. The molecule has 1 atom stereocenters. The van der Waals surface area contributed by atoms with Crippen molar-refractivity contribution in [3.63, 3.8) is 0 Å². The van der Waals surface area contributed by atoms with E-state index in [1.165, 1.54) is 22.6 Å². The first kappa shape index (κ1) is 13.8. The molecule has 0 amide bonds. The highest BCUT2D eigenvalue weighted by molar-refractivity contribution is 7.12.